The fourth-order valence-corrected chi connectivity index (χ4v) is 1.37. The first kappa shape index (κ1) is 12.7. The monoisotopic (exact) mass is 261 g/mol. The van der Waals surface area contributed by atoms with Gasteiger partial charge in [-0.1, -0.05) is 0 Å². The van der Waals surface area contributed by atoms with E-state index in [0.29, 0.717) is 12.1 Å². The molecule has 1 aliphatic carbocycles. The number of alkyl halides is 3. The van der Waals surface area contributed by atoms with Crippen LogP contribution in [-0.2, 0) is 6.18 Å². The van der Waals surface area contributed by atoms with E-state index in [1.165, 1.54) is 0 Å². The number of nitrogens with zero attached hydrogens (tertiary/aromatic N) is 1. The van der Waals surface area contributed by atoms with E-state index in [2.05, 4.69) is 10.3 Å². The van der Waals surface area contributed by atoms with Crippen molar-refractivity contribution < 1.29 is 17.6 Å². The lowest BCUT2D eigenvalue weighted by atomic mass is 10.2. The molecular weight excluding hydrogens is 250 g/mol. The van der Waals surface area contributed by atoms with Gasteiger partial charge < -0.3 is 11.1 Å². The SMILES string of the molecule is NC(=NC1CC1)Nc1cc(C(F)(F)F)ccc1F. The van der Waals surface area contributed by atoms with Crippen LogP contribution in [0, 0.1) is 5.82 Å². The van der Waals surface area contributed by atoms with Gasteiger partial charge in [0.15, 0.2) is 5.96 Å². The molecule has 2 rings (SSSR count). The van der Waals surface area contributed by atoms with Gasteiger partial charge in [-0.3, -0.25) is 0 Å². The number of nitrogens with one attached hydrogen (secondary N) is 1. The Hall–Kier alpha value is -1.79. The van der Waals surface area contributed by atoms with E-state index in [1.54, 1.807) is 0 Å². The third-order valence-corrected chi connectivity index (χ3v) is 2.42. The van der Waals surface area contributed by atoms with E-state index in [1.807, 2.05) is 0 Å². The van der Waals surface area contributed by atoms with Gasteiger partial charge in [-0.05, 0) is 31.0 Å². The predicted molar refractivity (Wildman–Crippen MR) is 59.7 cm³/mol. The van der Waals surface area contributed by atoms with Gasteiger partial charge in [-0.15, -0.1) is 0 Å². The van der Waals surface area contributed by atoms with Crippen molar-refractivity contribution in [3.63, 3.8) is 0 Å². The molecular formula is C11H11F4N3. The highest BCUT2D eigenvalue weighted by atomic mass is 19.4. The third kappa shape index (κ3) is 3.12. The molecule has 0 spiro atoms. The molecule has 1 fully saturated rings. The number of anilines is 1. The van der Waals surface area contributed by atoms with Crippen molar-refractivity contribution in [2.75, 3.05) is 5.32 Å². The number of hydrogen-bond donors (Lipinski definition) is 2. The molecule has 3 N–H and O–H groups in total. The largest absolute Gasteiger partial charge is 0.416 e. The second-order valence-corrected chi connectivity index (χ2v) is 4.06. The molecule has 0 amide bonds. The molecule has 1 aliphatic rings. The lowest BCUT2D eigenvalue weighted by molar-refractivity contribution is -0.137. The zero-order chi connectivity index (χ0) is 13.3. The Morgan fingerprint density at radius 3 is 2.56 bits per heavy atom. The molecule has 7 heteroatoms. The summed E-state index contributed by atoms with van der Waals surface area (Å²) in [5, 5.41) is 2.35. The lowest BCUT2D eigenvalue weighted by Crippen LogP contribution is -2.24. The van der Waals surface area contributed by atoms with Gasteiger partial charge in [0.05, 0.1) is 17.3 Å². The smallest absolute Gasteiger partial charge is 0.370 e. The van der Waals surface area contributed by atoms with Crippen LogP contribution in [0.1, 0.15) is 18.4 Å². The minimum absolute atomic E-state index is 0.0734. The summed E-state index contributed by atoms with van der Waals surface area (Å²) in [6, 6.07) is 2.20. The molecule has 0 saturated heterocycles. The molecule has 0 aromatic heterocycles. The zero-order valence-electron chi connectivity index (χ0n) is 9.26. The molecule has 18 heavy (non-hydrogen) atoms. The molecule has 98 valence electrons. The predicted octanol–water partition coefficient (Wildman–Crippen LogP) is 2.73. The van der Waals surface area contributed by atoms with E-state index in [4.69, 9.17) is 5.73 Å². The molecule has 1 saturated carbocycles. The van der Waals surface area contributed by atoms with Gasteiger partial charge in [-0.2, -0.15) is 13.2 Å². The van der Waals surface area contributed by atoms with E-state index in [9.17, 15) is 17.6 Å². The highest BCUT2D eigenvalue weighted by Crippen LogP contribution is 2.31. The Morgan fingerprint density at radius 1 is 1.33 bits per heavy atom. The van der Waals surface area contributed by atoms with Gasteiger partial charge in [0.25, 0.3) is 0 Å². The van der Waals surface area contributed by atoms with Crippen LogP contribution in [0.4, 0.5) is 23.2 Å². The average molecular weight is 261 g/mol. The maximum absolute atomic E-state index is 13.3. The van der Waals surface area contributed by atoms with Crippen LogP contribution in [0.15, 0.2) is 23.2 Å². The maximum atomic E-state index is 13.3. The maximum Gasteiger partial charge on any atom is 0.416 e. The highest BCUT2D eigenvalue weighted by Gasteiger charge is 2.31. The summed E-state index contributed by atoms with van der Waals surface area (Å²) in [6.07, 6.45) is -2.73. The van der Waals surface area contributed by atoms with Crippen LogP contribution in [0.5, 0.6) is 0 Å². The van der Waals surface area contributed by atoms with Crippen LogP contribution in [0.25, 0.3) is 0 Å². The summed E-state index contributed by atoms with van der Waals surface area (Å²) in [5.74, 6) is -0.882. The van der Waals surface area contributed by atoms with Crippen LogP contribution >= 0.6 is 0 Å². The van der Waals surface area contributed by atoms with Gasteiger partial charge in [0.2, 0.25) is 0 Å². The second kappa shape index (κ2) is 4.47. The molecule has 0 heterocycles. The minimum Gasteiger partial charge on any atom is -0.370 e. The van der Waals surface area contributed by atoms with Crippen molar-refractivity contribution in [3.8, 4) is 0 Å². The quantitative estimate of drug-likeness (QED) is 0.488. The van der Waals surface area contributed by atoms with Gasteiger partial charge in [-0.25, -0.2) is 9.38 Å². The van der Waals surface area contributed by atoms with Crippen molar-refractivity contribution >= 4 is 11.6 Å². The van der Waals surface area contributed by atoms with Crippen molar-refractivity contribution in [1.82, 2.24) is 0 Å². The Bertz CT molecular complexity index is 478. The summed E-state index contributed by atoms with van der Waals surface area (Å²) in [7, 11) is 0. The standard InChI is InChI=1S/C11H11F4N3/c12-8-4-1-6(11(13,14)15)5-9(8)18-10(16)17-7-2-3-7/h1,4-5,7H,2-3H2,(H3,16,17,18). The summed E-state index contributed by atoms with van der Waals surface area (Å²) < 4.78 is 50.7. The Balaban J connectivity index is 2.20. The molecule has 0 atom stereocenters. The summed E-state index contributed by atoms with van der Waals surface area (Å²) in [4.78, 5) is 3.95. The topological polar surface area (TPSA) is 50.4 Å². The van der Waals surface area contributed by atoms with E-state index in [0.717, 1.165) is 18.9 Å². The van der Waals surface area contributed by atoms with Crippen molar-refractivity contribution in [3.05, 3.63) is 29.6 Å². The number of halogens is 4. The summed E-state index contributed by atoms with van der Waals surface area (Å²) in [5.41, 5.74) is 4.20. The van der Waals surface area contributed by atoms with Gasteiger partial charge >= 0.3 is 6.18 Å². The highest BCUT2D eigenvalue weighted by molar-refractivity contribution is 5.92. The van der Waals surface area contributed by atoms with Crippen molar-refractivity contribution in [2.24, 2.45) is 10.7 Å². The van der Waals surface area contributed by atoms with E-state index >= 15 is 0 Å². The van der Waals surface area contributed by atoms with Gasteiger partial charge in [0, 0.05) is 0 Å². The summed E-state index contributed by atoms with van der Waals surface area (Å²) >= 11 is 0. The van der Waals surface area contributed by atoms with Crippen LogP contribution in [0.3, 0.4) is 0 Å². The molecule has 0 radical (unpaired) electrons. The third-order valence-electron chi connectivity index (χ3n) is 2.42. The number of guanidine groups is 1. The fourth-order valence-electron chi connectivity index (χ4n) is 1.37. The zero-order valence-corrected chi connectivity index (χ0v) is 9.26. The number of aliphatic imine (C=N–C) groups is 1. The molecule has 0 bridgehead atoms. The molecule has 3 nitrogen and oxygen atoms in total. The number of rotatable bonds is 2. The van der Waals surface area contributed by atoms with Crippen LogP contribution in [0.2, 0.25) is 0 Å². The van der Waals surface area contributed by atoms with Crippen molar-refractivity contribution in [1.29, 1.82) is 0 Å². The molecule has 0 aliphatic heterocycles. The minimum atomic E-state index is -4.52. The fraction of sp³-hybridized carbons (Fsp3) is 0.364. The lowest BCUT2D eigenvalue weighted by Gasteiger charge is -2.11. The Kier molecular flexibility index (Phi) is 3.14. The average Bonchev–Trinajstić information content (AvgIpc) is 3.03. The molecule has 1 aromatic rings. The first-order valence-corrected chi connectivity index (χ1v) is 5.33. The Morgan fingerprint density at radius 2 is 2.00 bits per heavy atom. The van der Waals surface area contributed by atoms with E-state index < -0.39 is 17.6 Å². The molecule has 1 aromatic carbocycles. The van der Waals surface area contributed by atoms with Crippen molar-refractivity contribution in [2.45, 2.75) is 25.1 Å². The first-order valence-electron chi connectivity index (χ1n) is 5.33. The Labute approximate surface area is 101 Å². The number of benzene rings is 1. The van der Waals surface area contributed by atoms with E-state index in [-0.39, 0.29) is 17.7 Å². The first-order chi connectivity index (χ1) is 8.36. The summed E-state index contributed by atoms with van der Waals surface area (Å²) in [6.45, 7) is 0. The number of hydrogen-bond acceptors (Lipinski definition) is 1. The normalized spacial score (nSPS) is 16.8. The number of nitrogens with two attached hydrogens (primary N) is 1. The van der Waals surface area contributed by atoms with Crippen LogP contribution < -0.4 is 11.1 Å². The molecule has 0 unspecified atom stereocenters. The van der Waals surface area contributed by atoms with Gasteiger partial charge in [0.1, 0.15) is 5.82 Å². The second-order valence-electron chi connectivity index (χ2n) is 4.06. The van der Waals surface area contributed by atoms with Crippen LogP contribution in [-0.4, -0.2) is 12.0 Å².